The number of nitriles is 1. The molecule has 1 aromatic heterocycles. The van der Waals surface area contributed by atoms with Crippen molar-refractivity contribution in [2.75, 3.05) is 0 Å². The van der Waals surface area contributed by atoms with E-state index >= 15 is 0 Å². The Morgan fingerprint density at radius 1 is 1.00 bits per heavy atom. The number of benzene rings is 2. The van der Waals surface area contributed by atoms with Gasteiger partial charge in [-0.3, -0.25) is 4.79 Å². The van der Waals surface area contributed by atoms with E-state index in [2.05, 4.69) is 4.98 Å². The Kier molecular flexibility index (Phi) is 5.65. The molecule has 1 heterocycles. The monoisotopic (exact) mass is 375 g/mol. The molecule has 3 rings (SSSR count). The van der Waals surface area contributed by atoms with Gasteiger partial charge < -0.3 is 20.7 Å². The molecular formula is C21H17N3O4. The minimum Gasteiger partial charge on any atom is -0.457 e. The fraction of sp³-hybridized carbons (Fsp3) is 0.0952. The maximum atomic E-state index is 11.0. The van der Waals surface area contributed by atoms with E-state index in [1.54, 1.807) is 60.7 Å². The summed E-state index contributed by atoms with van der Waals surface area (Å²) in [5, 5.41) is 28.5. The zero-order valence-electron chi connectivity index (χ0n) is 14.7. The maximum Gasteiger partial charge on any atom is 0.249 e. The number of nitrogens with zero attached hydrogens (tertiary/aromatic N) is 2. The van der Waals surface area contributed by atoms with Gasteiger partial charge in [0.15, 0.2) is 6.10 Å². The van der Waals surface area contributed by atoms with Crippen LogP contribution in [0, 0.1) is 11.3 Å². The molecule has 7 heteroatoms. The summed E-state index contributed by atoms with van der Waals surface area (Å²) in [5.41, 5.74) is 7.02. The molecule has 0 bridgehead atoms. The number of amides is 1. The molecule has 0 aliphatic heterocycles. The second kappa shape index (κ2) is 8.31. The van der Waals surface area contributed by atoms with Crippen LogP contribution in [0.1, 0.15) is 17.4 Å². The molecule has 0 saturated carbocycles. The molecule has 0 radical (unpaired) electrons. The number of aliphatic hydroxyl groups is 2. The van der Waals surface area contributed by atoms with Gasteiger partial charge in [0, 0.05) is 5.56 Å². The van der Waals surface area contributed by atoms with E-state index < -0.39 is 18.1 Å². The molecule has 2 aromatic carbocycles. The van der Waals surface area contributed by atoms with Crippen molar-refractivity contribution in [2.45, 2.75) is 12.2 Å². The highest BCUT2D eigenvalue weighted by molar-refractivity contribution is 5.79. The molecule has 0 spiro atoms. The second-order valence-electron chi connectivity index (χ2n) is 6.00. The number of hydrogen-bond acceptors (Lipinski definition) is 6. The van der Waals surface area contributed by atoms with Crippen molar-refractivity contribution < 1.29 is 19.7 Å². The van der Waals surface area contributed by atoms with Gasteiger partial charge in [-0.15, -0.1) is 0 Å². The summed E-state index contributed by atoms with van der Waals surface area (Å²) in [5.74, 6) is 0.188. The first-order valence-corrected chi connectivity index (χ1v) is 8.39. The van der Waals surface area contributed by atoms with Crippen LogP contribution in [0.3, 0.4) is 0 Å². The van der Waals surface area contributed by atoms with Gasteiger partial charge in [-0.2, -0.15) is 5.26 Å². The molecule has 0 aliphatic carbocycles. The van der Waals surface area contributed by atoms with E-state index in [-0.39, 0.29) is 5.69 Å². The fourth-order valence-electron chi connectivity index (χ4n) is 2.52. The predicted octanol–water partition coefficient (Wildman–Crippen LogP) is 2.29. The highest BCUT2D eigenvalue weighted by Gasteiger charge is 2.24. The first kappa shape index (κ1) is 19.0. The van der Waals surface area contributed by atoms with Crippen LogP contribution >= 0.6 is 0 Å². The number of carbonyl (C=O) groups excluding carboxylic acids is 1. The summed E-state index contributed by atoms with van der Waals surface area (Å²) in [7, 11) is 0. The molecule has 140 valence electrons. The van der Waals surface area contributed by atoms with Gasteiger partial charge in [0.25, 0.3) is 0 Å². The Hall–Kier alpha value is -3.73. The molecule has 3 aromatic rings. The number of carbonyl (C=O) groups is 1. The Morgan fingerprint density at radius 3 is 2.18 bits per heavy atom. The number of pyridine rings is 1. The summed E-state index contributed by atoms with van der Waals surface area (Å²) in [4.78, 5) is 15.3. The van der Waals surface area contributed by atoms with E-state index in [1.807, 2.05) is 6.07 Å². The topological polar surface area (TPSA) is 129 Å². The number of hydrogen-bond donors (Lipinski definition) is 3. The average Bonchev–Trinajstić information content (AvgIpc) is 2.73. The van der Waals surface area contributed by atoms with Crippen molar-refractivity contribution in [2.24, 2.45) is 5.73 Å². The molecule has 0 aliphatic rings. The number of aromatic nitrogens is 1. The van der Waals surface area contributed by atoms with Crippen LogP contribution in [0.5, 0.6) is 11.5 Å². The van der Waals surface area contributed by atoms with Crippen LogP contribution in [-0.4, -0.2) is 27.2 Å². The molecule has 0 unspecified atom stereocenters. The molecule has 28 heavy (non-hydrogen) atoms. The van der Waals surface area contributed by atoms with Crippen molar-refractivity contribution >= 4 is 5.91 Å². The van der Waals surface area contributed by atoms with Gasteiger partial charge in [0.05, 0.1) is 23.0 Å². The summed E-state index contributed by atoms with van der Waals surface area (Å²) in [6.07, 6.45) is -3.23. The van der Waals surface area contributed by atoms with Gasteiger partial charge in [0.2, 0.25) is 5.91 Å². The molecule has 2 atom stereocenters. The summed E-state index contributed by atoms with van der Waals surface area (Å²) in [6, 6.07) is 20.8. The third-order valence-electron chi connectivity index (χ3n) is 4.03. The third-order valence-corrected chi connectivity index (χ3v) is 4.03. The lowest BCUT2D eigenvalue weighted by Gasteiger charge is -2.15. The SMILES string of the molecule is N#Cc1ccc(Oc2ccc(-c3cccc([C@H](O)[C@@H](O)C(N)=O)n3)cc2)cc1. The smallest absolute Gasteiger partial charge is 0.249 e. The molecule has 7 nitrogen and oxygen atoms in total. The first-order chi connectivity index (χ1) is 13.5. The van der Waals surface area contributed by atoms with E-state index in [0.717, 1.165) is 5.56 Å². The van der Waals surface area contributed by atoms with E-state index in [4.69, 9.17) is 15.7 Å². The van der Waals surface area contributed by atoms with Crippen LogP contribution in [-0.2, 0) is 4.79 Å². The molecular weight excluding hydrogens is 358 g/mol. The quantitative estimate of drug-likeness (QED) is 0.606. The van der Waals surface area contributed by atoms with Gasteiger partial charge in [-0.05, 0) is 60.7 Å². The third kappa shape index (κ3) is 4.32. The molecule has 4 N–H and O–H groups in total. The normalized spacial score (nSPS) is 12.6. The van der Waals surface area contributed by atoms with Gasteiger partial charge in [-0.25, -0.2) is 4.98 Å². The minimum absolute atomic E-state index is 0.140. The van der Waals surface area contributed by atoms with Crippen molar-refractivity contribution in [3.05, 3.63) is 78.0 Å². The lowest BCUT2D eigenvalue weighted by Crippen LogP contribution is -2.34. The number of rotatable bonds is 6. The van der Waals surface area contributed by atoms with Crippen LogP contribution in [0.2, 0.25) is 0 Å². The Bertz CT molecular complexity index is 1010. The highest BCUT2D eigenvalue weighted by atomic mass is 16.5. The maximum absolute atomic E-state index is 11.0. The van der Waals surface area contributed by atoms with Crippen LogP contribution < -0.4 is 10.5 Å². The first-order valence-electron chi connectivity index (χ1n) is 8.39. The fourth-order valence-corrected chi connectivity index (χ4v) is 2.52. The second-order valence-corrected chi connectivity index (χ2v) is 6.00. The van der Waals surface area contributed by atoms with Crippen molar-refractivity contribution in [1.82, 2.24) is 4.98 Å². The van der Waals surface area contributed by atoms with Gasteiger partial charge in [-0.1, -0.05) is 6.07 Å². The van der Waals surface area contributed by atoms with Crippen LogP contribution in [0.15, 0.2) is 66.7 Å². The van der Waals surface area contributed by atoms with Crippen molar-refractivity contribution in [3.8, 4) is 28.8 Å². The van der Waals surface area contributed by atoms with Crippen LogP contribution in [0.25, 0.3) is 11.3 Å². The minimum atomic E-state index is -1.73. The lowest BCUT2D eigenvalue weighted by molar-refractivity contribution is -0.132. The predicted molar refractivity (Wildman–Crippen MR) is 101 cm³/mol. The number of ether oxygens (including phenoxy) is 1. The zero-order chi connectivity index (χ0) is 20.1. The zero-order valence-corrected chi connectivity index (χ0v) is 14.7. The van der Waals surface area contributed by atoms with Crippen molar-refractivity contribution in [1.29, 1.82) is 5.26 Å². The number of nitrogens with two attached hydrogens (primary N) is 1. The number of aliphatic hydroxyl groups excluding tert-OH is 2. The standard InChI is InChI=1S/C21H17N3O4/c22-12-13-4-8-15(9-5-13)28-16-10-6-14(7-11-16)17-2-1-3-18(24-17)19(25)20(26)21(23)27/h1-11,19-20,25-26H,(H2,23,27)/t19-,20+/m0/s1. The Balaban J connectivity index is 1.77. The Morgan fingerprint density at radius 2 is 1.61 bits per heavy atom. The highest BCUT2D eigenvalue weighted by Crippen LogP contribution is 2.26. The largest absolute Gasteiger partial charge is 0.457 e. The van der Waals surface area contributed by atoms with Gasteiger partial charge >= 0.3 is 0 Å². The summed E-state index contributed by atoms with van der Waals surface area (Å²) in [6.45, 7) is 0. The molecule has 0 saturated heterocycles. The van der Waals surface area contributed by atoms with Crippen molar-refractivity contribution in [3.63, 3.8) is 0 Å². The molecule has 0 fully saturated rings. The van der Waals surface area contributed by atoms with E-state index in [9.17, 15) is 15.0 Å². The summed E-state index contributed by atoms with van der Waals surface area (Å²) >= 11 is 0. The number of primary amides is 1. The van der Waals surface area contributed by atoms with E-state index in [1.165, 1.54) is 6.07 Å². The molecule has 1 amide bonds. The van der Waals surface area contributed by atoms with Gasteiger partial charge in [0.1, 0.15) is 17.6 Å². The average molecular weight is 375 g/mol. The summed E-state index contributed by atoms with van der Waals surface area (Å²) < 4.78 is 5.73. The lowest BCUT2D eigenvalue weighted by atomic mass is 10.1. The van der Waals surface area contributed by atoms with E-state index in [0.29, 0.717) is 22.8 Å². The Labute approximate surface area is 161 Å². The van der Waals surface area contributed by atoms with Crippen LogP contribution in [0.4, 0.5) is 0 Å².